The molecule has 5 nitrogen and oxygen atoms in total. The fourth-order valence-corrected chi connectivity index (χ4v) is 1.49. The predicted molar refractivity (Wildman–Crippen MR) is 63.6 cm³/mol. The van der Waals surface area contributed by atoms with E-state index in [0.29, 0.717) is 17.8 Å². The molecule has 0 aliphatic rings. The number of hydrogen-bond acceptors (Lipinski definition) is 5. The quantitative estimate of drug-likeness (QED) is 0.903. The summed E-state index contributed by atoms with van der Waals surface area (Å²) in [5, 5.41) is 3.75. The normalized spacial score (nSPS) is 12.7. The van der Waals surface area contributed by atoms with Crippen LogP contribution in [0.4, 0.5) is 8.78 Å². The first-order valence-electron chi connectivity index (χ1n) is 5.74. The van der Waals surface area contributed by atoms with E-state index in [2.05, 4.69) is 14.9 Å². The Morgan fingerprint density at radius 1 is 1.42 bits per heavy atom. The van der Waals surface area contributed by atoms with Gasteiger partial charge in [0.2, 0.25) is 0 Å². The van der Waals surface area contributed by atoms with Gasteiger partial charge in [0.15, 0.2) is 5.82 Å². The van der Waals surface area contributed by atoms with Gasteiger partial charge in [-0.2, -0.15) is 13.8 Å². The van der Waals surface area contributed by atoms with Crippen LogP contribution >= 0.6 is 0 Å². The monoisotopic (exact) mass is 269 g/mol. The third-order valence-corrected chi connectivity index (χ3v) is 2.52. The summed E-state index contributed by atoms with van der Waals surface area (Å²) < 4.78 is 33.6. The molecule has 7 heteroatoms. The van der Waals surface area contributed by atoms with Crippen molar-refractivity contribution in [1.82, 2.24) is 10.1 Å². The van der Waals surface area contributed by atoms with Crippen LogP contribution in [-0.4, -0.2) is 16.8 Å². The van der Waals surface area contributed by atoms with Crippen LogP contribution in [0, 0.1) is 0 Å². The highest BCUT2D eigenvalue weighted by Crippen LogP contribution is 2.24. The average Bonchev–Trinajstić information content (AvgIpc) is 2.87. The summed E-state index contributed by atoms with van der Waals surface area (Å²) in [6.07, 6.45) is 0.674. The van der Waals surface area contributed by atoms with Crippen molar-refractivity contribution < 1.29 is 18.0 Å². The molecular formula is C12H13F2N3O2. The minimum absolute atomic E-state index is 0.0343. The van der Waals surface area contributed by atoms with Gasteiger partial charge >= 0.3 is 6.61 Å². The Balaban J connectivity index is 2.24. The number of benzene rings is 1. The first-order chi connectivity index (χ1) is 9.10. The van der Waals surface area contributed by atoms with E-state index in [9.17, 15) is 8.78 Å². The fourth-order valence-electron chi connectivity index (χ4n) is 1.49. The van der Waals surface area contributed by atoms with Crippen molar-refractivity contribution in [2.45, 2.75) is 26.0 Å². The number of aromatic nitrogens is 2. The van der Waals surface area contributed by atoms with Crippen LogP contribution in [0.25, 0.3) is 11.5 Å². The van der Waals surface area contributed by atoms with Gasteiger partial charge in [-0.3, -0.25) is 0 Å². The predicted octanol–water partition coefficient (Wildman–Crippen LogP) is 2.75. The van der Waals surface area contributed by atoms with Crippen molar-refractivity contribution in [2.75, 3.05) is 0 Å². The molecule has 0 radical (unpaired) electrons. The molecule has 0 spiro atoms. The van der Waals surface area contributed by atoms with Crippen molar-refractivity contribution in [1.29, 1.82) is 0 Å². The number of alkyl halides is 2. The van der Waals surface area contributed by atoms with Gasteiger partial charge in [0, 0.05) is 5.56 Å². The Morgan fingerprint density at radius 2 is 2.21 bits per heavy atom. The van der Waals surface area contributed by atoms with Crippen LogP contribution in [-0.2, 0) is 0 Å². The van der Waals surface area contributed by atoms with E-state index in [4.69, 9.17) is 10.3 Å². The van der Waals surface area contributed by atoms with Gasteiger partial charge < -0.3 is 15.0 Å². The second-order valence-electron chi connectivity index (χ2n) is 3.88. The molecule has 1 atom stereocenters. The third kappa shape index (κ3) is 3.25. The lowest BCUT2D eigenvalue weighted by Crippen LogP contribution is -2.10. The average molecular weight is 269 g/mol. The standard InChI is InChI=1S/C12H13F2N3O2/c1-2-9(15)10-16-11(19-17-10)7-4-3-5-8(6-7)18-12(13)14/h3-6,9,12H,2,15H2,1H3. The van der Waals surface area contributed by atoms with E-state index < -0.39 is 6.61 Å². The number of nitrogens with two attached hydrogens (primary N) is 1. The van der Waals surface area contributed by atoms with Gasteiger partial charge in [-0.15, -0.1) is 0 Å². The summed E-state index contributed by atoms with van der Waals surface area (Å²) in [4.78, 5) is 4.13. The smallest absolute Gasteiger partial charge is 0.387 e. The zero-order valence-electron chi connectivity index (χ0n) is 10.2. The maximum Gasteiger partial charge on any atom is 0.387 e. The fraction of sp³-hybridized carbons (Fsp3) is 0.333. The highest BCUT2D eigenvalue weighted by molar-refractivity contribution is 5.55. The Labute approximate surface area is 108 Å². The van der Waals surface area contributed by atoms with Gasteiger partial charge in [-0.25, -0.2) is 0 Å². The second kappa shape index (κ2) is 5.75. The molecule has 1 heterocycles. The van der Waals surface area contributed by atoms with Crippen molar-refractivity contribution in [2.24, 2.45) is 5.73 Å². The van der Waals surface area contributed by atoms with E-state index in [1.807, 2.05) is 6.92 Å². The number of hydrogen-bond donors (Lipinski definition) is 1. The first kappa shape index (κ1) is 13.4. The van der Waals surface area contributed by atoms with Crippen molar-refractivity contribution in [3.05, 3.63) is 30.1 Å². The molecule has 2 rings (SSSR count). The number of nitrogens with zero attached hydrogens (tertiary/aromatic N) is 2. The second-order valence-corrected chi connectivity index (χ2v) is 3.88. The van der Waals surface area contributed by atoms with Crippen molar-refractivity contribution in [3.8, 4) is 17.2 Å². The van der Waals surface area contributed by atoms with Gasteiger partial charge in [-0.1, -0.05) is 18.1 Å². The minimum atomic E-state index is -2.87. The molecule has 0 bridgehead atoms. The van der Waals surface area contributed by atoms with Crippen LogP contribution in [0.1, 0.15) is 25.2 Å². The number of rotatable bonds is 5. The Kier molecular flexibility index (Phi) is 4.06. The highest BCUT2D eigenvalue weighted by Gasteiger charge is 2.14. The summed E-state index contributed by atoms with van der Waals surface area (Å²) in [5.41, 5.74) is 6.27. The number of ether oxygens (including phenoxy) is 1. The summed E-state index contributed by atoms with van der Waals surface area (Å²) >= 11 is 0. The summed E-state index contributed by atoms with van der Waals surface area (Å²) in [7, 11) is 0. The van der Waals surface area contributed by atoms with Crippen molar-refractivity contribution in [3.63, 3.8) is 0 Å². The molecular weight excluding hydrogens is 256 g/mol. The molecule has 1 aromatic carbocycles. The zero-order valence-corrected chi connectivity index (χ0v) is 10.2. The Morgan fingerprint density at radius 3 is 2.89 bits per heavy atom. The van der Waals surface area contributed by atoms with E-state index in [1.54, 1.807) is 12.1 Å². The zero-order chi connectivity index (χ0) is 13.8. The van der Waals surface area contributed by atoms with E-state index >= 15 is 0 Å². The molecule has 2 N–H and O–H groups in total. The maximum absolute atomic E-state index is 12.1. The van der Waals surface area contributed by atoms with Gasteiger partial charge in [0.25, 0.3) is 5.89 Å². The Hall–Kier alpha value is -2.02. The SMILES string of the molecule is CCC(N)c1noc(-c2cccc(OC(F)F)c2)n1. The molecule has 102 valence electrons. The summed E-state index contributed by atoms with van der Waals surface area (Å²) in [5.74, 6) is 0.642. The molecule has 0 aliphatic carbocycles. The van der Waals surface area contributed by atoms with Gasteiger partial charge in [-0.05, 0) is 24.6 Å². The lowest BCUT2D eigenvalue weighted by molar-refractivity contribution is -0.0498. The highest BCUT2D eigenvalue weighted by atomic mass is 19.3. The molecule has 1 unspecified atom stereocenters. The lowest BCUT2D eigenvalue weighted by atomic mass is 10.2. The van der Waals surface area contributed by atoms with Crippen LogP contribution in [0.2, 0.25) is 0 Å². The largest absolute Gasteiger partial charge is 0.435 e. The van der Waals surface area contributed by atoms with Crippen LogP contribution in [0.3, 0.4) is 0 Å². The molecule has 19 heavy (non-hydrogen) atoms. The van der Waals surface area contributed by atoms with E-state index in [-0.39, 0.29) is 17.7 Å². The van der Waals surface area contributed by atoms with E-state index in [0.717, 1.165) is 0 Å². The molecule has 0 aliphatic heterocycles. The third-order valence-electron chi connectivity index (χ3n) is 2.52. The summed E-state index contributed by atoms with van der Waals surface area (Å²) in [6, 6.07) is 5.74. The Bertz CT molecular complexity index is 545. The van der Waals surface area contributed by atoms with Crippen LogP contribution in [0.5, 0.6) is 5.75 Å². The van der Waals surface area contributed by atoms with Crippen LogP contribution in [0.15, 0.2) is 28.8 Å². The number of halogens is 2. The lowest BCUT2D eigenvalue weighted by Gasteiger charge is -2.04. The molecule has 0 fully saturated rings. The topological polar surface area (TPSA) is 74.2 Å². The maximum atomic E-state index is 12.1. The van der Waals surface area contributed by atoms with E-state index in [1.165, 1.54) is 12.1 Å². The van der Waals surface area contributed by atoms with Gasteiger partial charge in [0.1, 0.15) is 5.75 Å². The minimum Gasteiger partial charge on any atom is -0.435 e. The van der Waals surface area contributed by atoms with Crippen molar-refractivity contribution >= 4 is 0 Å². The molecule has 0 saturated heterocycles. The molecule has 1 aromatic heterocycles. The molecule has 2 aromatic rings. The molecule has 0 saturated carbocycles. The van der Waals surface area contributed by atoms with Gasteiger partial charge in [0.05, 0.1) is 6.04 Å². The first-order valence-corrected chi connectivity index (χ1v) is 5.74. The summed E-state index contributed by atoms with van der Waals surface area (Å²) in [6.45, 7) is -0.973. The van der Waals surface area contributed by atoms with Crippen LogP contribution < -0.4 is 10.5 Å². The molecule has 0 amide bonds.